The predicted molar refractivity (Wildman–Crippen MR) is 70.3 cm³/mol. The molecular formula is C13H8ClF2N3O2. The minimum absolute atomic E-state index is 0.0877. The fourth-order valence-corrected chi connectivity index (χ4v) is 1.79. The summed E-state index contributed by atoms with van der Waals surface area (Å²) >= 11 is 5.70. The van der Waals surface area contributed by atoms with E-state index in [2.05, 4.69) is 4.98 Å². The molecule has 0 aliphatic carbocycles. The van der Waals surface area contributed by atoms with Crippen molar-refractivity contribution in [3.63, 3.8) is 0 Å². The molecule has 2 rings (SSSR count). The molecule has 0 radical (unpaired) electrons. The number of hydrogen-bond acceptors (Lipinski definition) is 4. The molecule has 8 heteroatoms. The van der Waals surface area contributed by atoms with Crippen molar-refractivity contribution in [3.05, 3.63) is 64.4 Å². The highest BCUT2D eigenvalue weighted by molar-refractivity contribution is 6.33. The van der Waals surface area contributed by atoms with Crippen molar-refractivity contribution in [1.82, 2.24) is 9.99 Å². The van der Waals surface area contributed by atoms with Gasteiger partial charge in [0, 0.05) is 6.20 Å². The van der Waals surface area contributed by atoms with Crippen LogP contribution in [-0.2, 0) is 0 Å². The van der Waals surface area contributed by atoms with E-state index in [-0.39, 0.29) is 15.7 Å². The van der Waals surface area contributed by atoms with Gasteiger partial charge in [-0.25, -0.2) is 24.6 Å². The van der Waals surface area contributed by atoms with Gasteiger partial charge < -0.3 is 0 Å². The lowest BCUT2D eigenvalue weighted by Gasteiger charge is -2.15. The number of nitrogens with two attached hydrogens (primary N) is 1. The Morgan fingerprint density at radius 1 is 1.10 bits per heavy atom. The zero-order valence-corrected chi connectivity index (χ0v) is 11.1. The third-order valence-corrected chi connectivity index (χ3v) is 2.90. The molecule has 0 aliphatic heterocycles. The van der Waals surface area contributed by atoms with Crippen LogP contribution in [0.3, 0.4) is 0 Å². The van der Waals surface area contributed by atoms with Crippen molar-refractivity contribution >= 4 is 23.4 Å². The molecule has 1 aromatic heterocycles. The van der Waals surface area contributed by atoms with Gasteiger partial charge in [-0.05, 0) is 24.3 Å². The normalized spacial score (nSPS) is 10.3. The summed E-state index contributed by atoms with van der Waals surface area (Å²) in [5.41, 5.74) is -1.08. The van der Waals surface area contributed by atoms with Crippen LogP contribution in [0.4, 0.5) is 8.78 Å². The summed E-state index contributed by atoms with van der Waals surface area (Å²) in [5, 5.41) is -0.0931. The number of amides is 2. The van der Waals surface area contributed by atoms with E-state index in [1.807, 2.05) is 0 Å². The van der Waals surface area contributed by atoms with E-state index in [0.29, 0.717) is 0 Å². The van der Waals surface area contributed by atoms with E-state index in [1.54, 1.807) is 0 Å². The largest absolute Gasteiger partial charge is 0.281 e. The third-order valence-electron chi connectivity index (χ3n) is 2.60. The van der Waals surface area contributed by atoms with E-state index < -0.39 is 29.0 Å². The molecule has 2 amide bonds. The fourth-order valence-electron chi connectivity index (χ4n) is 1.59. The first-order valence-electron chi connectivity index (χ1n) is 5.61. The molecule has 0 saturated heterocycles. The highest BCUT2D eigenvalue weighted by Crippen LogP contribution is 2.17. The molecule has 0 fully saturated rings. The third kappa shape index (κ3) is 2.88. The van der Waals surface area contributed by atoms with Crippen LogP contribution >= 0.6 is 11.6 Å². The number of rotatable bonds is 2. The van der Waals surface area contributed by atoms with Gasteiger partial charge in [-0.15, -0.1) is 0 Å². The van der Waals surface area contributed by atoms with Crippen LogP contribution in [0.1, 0.15) is 20.7 Å². The van der Waals surface area contributed by atoms with Crippen LogP contribution in [-0.4, -0.2) is 21.8 Å². The van der Waals surface area contributed by atoms with Crippen molar-refractivity contribution in [2.75, 3.05) is 0 Å². The molecule has 2 N–H and O–H groups in total. The van der Waals surface area contributed by atoms with Crippen molar-refractivity contribution in [3.8, 4) is 0 Å². The Morgan fingerprint density at radius 3 is 2.29 bits per heavy atom. The monoisotopic (exact) mass is 311 g/mol. The van der Waals surface area contributed by atoms with Gasteiger partial charge in [0.25, 0.3) is 11.8 Å². The smallest absolute Gasteiger partial charge is 0.267 e. The number of carbonyl (C=O) groups excluding carboxylic acids is 2. The summed E-state index contributed by atoms with van der Waals surface area (Å²) < 4.78 is 27.0. The minimum Gasteiger partial charge on any atom is -0.267 e. The maximum absolute atomic E-state index is 13.5. The molecular weight excluding hydrogens is 304 g/mol. The second-order valence-corrected chi connectivity index (χ2v) is 4.28. The quantitative estimate of drug-likeness (QED) is 0.303. The Balaban J connectivity index is 2.36. The molecule has 0 aliphatic rings. The van der Waals surface area contributed by atoms with E-state index in [9.17, 15) is 18.4 Å². The number of hydrazine groups is 1. The standard InChI is InChI=1S/C13H8ClF2N3O2/c14-11-7(3-2-6-18-11)12(20)19(17)13(21)10-8(15)4-1-5-9(10)16/h1-6H,17H2. The van der Waals surface area contributed by atoms with Crippen LogP contribution in [0.25, 0.3) is 0 Å². The highest BCUT2D eigenvalue weighted by atomic mass is 35.5. The van der Waals surface area contributed by atoms with E-state index in [0.717, 1.165) is 18.2 Å². The lowest BCUT2D eigenvalue weighted by molar-refractivity contribution is 0.0610. The number of aromatic nitrogens is 1. The summed E-state index contributed by atoms with van der Waals surface area (Å²) in [5.74, 6) is 0.746. The summed E-state index contributed by atoms with van der Waals surface area (Å²) in [4.78, 5) is 27.6. The van der Waals surface area contributed by atoms with Gasteiger partial charge >= 0.3 is 0 Å². The molecule has 0 spiro atoms. The maximum Gasteiger partial charge on any atom is 0.281 e. The highest BCUT2D eigenvalue weighted by Gasteiger charge is 2.27. The topological polar surface area (TPSA) is 76.3 Å². The summed E-state index contributed by atoms with van der Waals surface area (Å²) in [6.07, 6.45) is 1.33. The first-order valence-corrected chi connectivity index (χ1v) is 5.99. The van der Waals surface area contributed by atoms with E-state index >= 15 is 0 Å². The molecule has 0 atom stereocenters. The van der Waals surface area contributed by atoms with Crippen LogP contribution in [0.2, 0.25) is 5.15 Å². The lowest BCUT2D eigenvalue weighted by Crippen LogP contribution is -2.43. The van der Waals surface area contributed by atoms with Gasteiger partial charge in [-0.1, -0.05) is 17.7 Å². The Bertz CT molecular complexity index is 704. The van der Waals surface area contributed by atoms with Gasteiger partial charge in [0.2, 0.25) is 0 Å². The van der Waals surface area contributed by atoms with E-state index in [4.69, 9.17) is 17.4 Å². The zero-order valence-electron chi connectivity index (χ0n) is 10.4. The van der Waals surface area contributed by atoms with Gasteiger partial charge in [0.05, 0.1) is 5.56 Å². The summed E-state index contributed by atoms with van der Waals surface area (Å²) in [6.45, 7) is 0. The molecule has 1 heterocycles. The number of nitrogens with zero attached hydrogens (tertiary/aromatic N) is 2. The van der Waals surface area contributed by atoms with E-state index in [1.165, 1.54) is 18.3 Å². The number of carbonyl (C=O) groups is 2. The first kappa shape index (κ1) is 15.0. The molecule has 0 saturated carbocycles. The predicted octanol–water partition coefficient (Wildman–Crippen LogP) is 2.17. The zero-order chi connectivity index (χ0) is 15.6. The molecule has 0 unspecified atom stereocenters. The number of halogens is 3. The minimum atomic E-state index is -1.32. The van der Waals surface area contributed by atoms with Crippen LogP contribution in [0.15, 0.2) is 36.5 Å². The van der Waals surface area contributed by atoms with Crippen LogP contribution in [0.5, 0.6) is 0 Å². The maximum atomic E-state index is 13.5. The molecule has 108 valence electrons. The van der Waals surface area contributed by atoms with Crippen LogP contribution < -0.4 is 5.84 Å². The van der Waals surface area contributed by atoms with Gasteiger partial charge in [0.15, 0.2) is 0 Å². The lowest BCUT2D eigenvalue weighted by atomic mass is 10.1. The summed E-state index contributed by atoms with van der Waals surface area (Å²) in [6, 6.07) is 5.53. The number of hydrogen-bond donors (Lipinski definition) is 1. The number of imide groups is 1. The van der Waals surface area contributed by atoms with Crippen molar-refractivity contribution in [2.45, 2.75) is 0 Å². The molecule has 5 nitrogen and oxygen atoms in total. The van der Waals surface area contributed by atoms with Crippen molar-refractivity contribution in [2.24, 2.45) is 5.84 Å². The SMILES string of the molecule is NN(C(=O)c1cccnc1Cl)C(=O)c1c(F)cccc1F. The first-order chi connectivity index (χ1) is 9.93. The van der Waals surface area contributed by atoms with Crippen LogP contribution in [0, 0.1) is 11.6 Å². The Kier molecular flexibility index (Phi) is 4.25. The fraction of sp³-hybridized carbons (Fsp3) is 0. The average molecular weight is 312 g/mol. The Labute approximate surface area is 122 Å². The number of pyridine rings is 1. The second kappa shape index (κ2) is 5.94. The van der Waals surface area contributed by atoms with Crippen molar-refractivity contribution in [1.29, 1.82) is 0 Å². The van der Waals surface area contributed by atoms with Gasteiger partial charge in [-0.2, -0.15) is 0 Å². The molecule has 21 heavy (non-hydrogen) atoms. The van der Waals surface area contributed by atoms with Crippen molar-refractivity contribution < 1.29 is 18.4 Å². The Morgan fingerprint density at radius 2 is 1.71 bits per heavy atom. The average Bonchev–Trinajstić information content (AvgIpc) is 2.46. The number of benzene rings is 1. The van der Waals surface area contributed by atoms with Gasteiger partial charge in [-0.3, -0.25) is 9.59 Å². The molecule has 2 aromatic rings. The second-order valence-electron chi connectivity index (χ2n) is 3.92. The summed E-state index contributed by atoms with van der Waals surface area (Å²) in [7, 11) is 0. The molecule has 1 aromatic carbocycles. The van der Waals surface area contributed by atoms with Gasteiger partial charge in [0.1, 0.15) is 22.4 Å². The molecule has 0 bridgehead atoms. The Hall–Kier alpha value is -2.38.